The lowest BCUT2D eigenvalue weighted by Gasteiger charge is -2.22. The first-order valence-corrected chi connectivity index (χ1v) is 12.3. The molecule has 1 heterocycles. The van der Waals surface area contributed by atoms with Gasteiger partial charge in [-0.1, -0.05) is 63.2 Å². The van der Waals surface area contributed by atoms with Gasteiger partial charge >= 0.3 is 0 Å². The van der Waals surface area contributed by atoms with Crippen LogP contribution >= 0.6 is 11.3 Å². The van der Waals surface area contributed by atoms with Crippen LogP contribution in [0.5, 0.6) is 5.75 Å². The van der Waals surface area contributed by atoms with Gasteiger partial charge in [0, 0.05) is 23.1 Å². The lowest BCUT2D eigenvalue weighted by molar-refractivity contribution is 0.0987. The molecule has 4 rings (SSSR count). The van der Waals surface area contributed by atoms with E-state index in [2.05, 4.69) is 32.9 Å². The average Bonchev–Trinajstić information content (AvgIpc) is 3.34. The van der Waals surface area contributed by atoms with Crippen LogP contribution in [0.3, 0.4) is 0 Å². The number of methoxy groups -OCH3 is 1. The number of benzene rings is 3. The Balaban J connectivity index is 1.62. The predicted molar refractivity (Wildman–Crippen MR) is 141 cm³/mol. The van der Waals surface area contributed by atoms with Crippen molar-refractivity contribution in [2.75, 3.05) is 18.6 Å². The second kappa shape index (κ2) is 10.2. The first kappa shape index (κ1) is 23.7. The summed E-state index contributed by atoms with van der Waals surface area (Å²) in [5.41, 5.74) is 4.95. The number of carbonyl (C=O) groups excluding carboxylic acids is 1. The monoisotopic (exact) mass is 470 g/mol. The summed E-state index contributed by atoms with van der Waals surface area (Å²) in [6.07, 6.45) is 0.754. The van der Waals surface area contributed by atoms with Gasteiger partial charge in [-0.25, -0.2) is 4.98 Å². The maximum Gasteiger partial charge on any atom is 0.260 e. The van der Waals surface area contributed by atoms with E-state index in [1.54, 1.807) is 12.0 Å². The molecule has 174 valence electrons. The average molecular weight is 471 g/mol. The molecule has 1 aromatic heterocycles. The zero-order valence-corrected chi connectivity index (χ0v) is 20.9. The molecule has 0 radical (unpaired) electrons. The summed E-state index contributed by atoms with van der Waals surface area (Å²) >= 11 is 1.49. The van der Waals surface area contributed by atoms with E-state index in [1.165, 1.54) is 22.5 Å². The van der Waals surface area contributed by atoms with Crippen molar-refractivity contribution in [3.63, 3.8) is 0 Å². The Hall–Kier alpha value is -3.44. The summed E-state index contributed by atoms with van der Waals surface area (Å²) in [6.45, 7) is 7.07. The Labute approximate surface area is 205 Å². The molecule has 0 bridgehead atoms. The number of ether oxygens (including phenoxy) is 1. The number of anilines is 1. The van der Waals surface area contributed by atoms with Gasteiger partial charge in [-0.2, -0.15) is 0 Å². The van der Waals surface area contributed by atoms with Gasteiger partial charge in [0.05, 0.1) is 12.8 Å². The Morgan fingerprint density at radius 3 is 2.24 bits per heavy atom. The number of carbonyl (C=O) groups is 1. The standard InChI is InChI=1S/C29H30N2O2S/c1-29(2,3)24-14-10-23(11-15-24)27(32)31(19-18-21-8-6-5-7-9-21)28-30-26(20-34-28)22-12-16-25(33-4)17-13-22/h5-17,20H,18-19H2,1-4H3. The van der Waals surface area contributed by atoms with E-state index in [9.17, 15) is 4.79 Å². The molecule has 0 unspecified atom stereocenters. The van der Waals surface area contributed by atoms with Crippen LogP contribution in [0.25, 0.3) is 11.3 Å². The Morgan fingerprint density at radius 2 is 1.62 bits per heavy atom. The van der Waals surface area contributed by atoms with E-state index in [1.807, 2.05) is 72.1 Å². The van der Waals surface area contributed by atoms with Crippen molar-refractivity contribution in [2.24, 2.45) is 0 Å². The van der Waals surface area contributed by atoms with Crippen LogP contribution in [0.15, 0.2) is 84.2 Å². The molecule has 0 saturated heterocycles. The zero-order chi connectivity index (χ0) is 24.1. The fourth-order valence-corrected chi connectivity index (χ4v) is 4.58. The third kappa shape index (κ3) is 5.54. The van der Waals surface area contributed by atoms with Gasteiger partial charge in [-0.3, -0.25) is 9.69 Å². The third-order valence-electron chi connectivity index (χ3n) is 5.82. The Bertz CT molecular complexity index is 1220. The van der Waals surface area contributed by atoms with E-state index in [0.717, 1.165) is 23.4 Å². The maximum atomic E-state index is 13.6. The maximum absolute atomic E-state index is 13.6. The largest absolute Gasteiger partial charge is 0.497 e. The second-order valence-electron chi connectivity index (χ2n) is 9.26. The van der Waals surface area contributed by atoms with Crippen LogP contribution in [-0.4, -0.2) is 24.5 Å². The molecule has 4 aromatic rings. The number of rotatable bonds is 7. The van der Waals surface area contributed by atoms with Crippen LogP contribution in [0, 0.1) is 0 Å². The van der Waals surface area contributed by atoms with Crippen LogP contribution in [0.4, 0.5) is 5.13 Å². The highest BCUT2D eigenvalue weighted by Gasteiger charge is 2.22. The first-order valence-electron chi connectivity index (χ1n) is 11.4. The zero-order valence-electron chi connectivity index (χ0n) is 20.1. The summed E-state index contributed by atoms with van der Waals surface area (Å²) in [5, 5.41) is 2.70. The molecule has 34 heavy (non-hydrogen) atoms. The van der Waals surface area contributed by atoms with E-state index in [-0.39, 0.29) is 11.3 Å². The molecule has 3 aromatic carbocycles. The molecule has 0 N–H and O–H groups in total. The molecule has 1 amide bonds. The van der Waals surface area contributed by atoms with Crippen molar-refractivity contribution in [3.8, 4) is 17.0 Å². The minimum Gasteiger partial charge on any atom is -0.497 e. The summed E-state index contributed by atoms with van der Waals surface area (Å²) in [6, 6.07) is 26.0. The summed E-state index contributed by atoms with van der Waals surface area (Å²) < 4.78 is 5.26. The fourth-order valence-electron chi connectivity index (χ4n) is 3.72. The van der Waals surface area contributed by atoms with Crippen LogP contribution in [0.1, 0.15) is 42.3 Å². The number of aromatic nitrogens is 1. The van der Waals surface area contributed by atoms with Gasteiger partial charge in [-0.05, 0) is 59.4 Å². The highest BCUT2D eigenvalue weighted by atomic mass is 32.1. The topological polar surface area (TPSA) is 42.4 Å². The number of amides is 1. The minimum absolute atomic E-state index is 0.0352. The molecule has 0 fully saturated rings. The fraction of sp³-hybridized carbons (Fsp3) is 0.241. The van der Waals surface area contributed by atoms with E-state index in [0.29, 0.717) is 17.2 Å². The lowest BCUT2D eigenvalue weighted by Crippen LogP contribution is -2.33. The summed E-state index contributed by atoms with van der Waals surface area (Å²) in [5.74, 6) is 0.768. The quantitative estimate of drug-likeness (QED) is 0.292. The molecular weight excluding hydrogens is 440 g/mol. The predicted octanol–water partition coefficient (Wildman–Crippen LogP) is 7.01. The first-order chi connectivity index (χ1) is 16.3. The minimum atomic E-state index is -0.0352. The van der Waals surface area contributed by atoms with E-state index < -0.39 is 0 Å². The number of nitrogens with zero attached hydrogens (tertiary/aromatic N) is 2. The highest BCUT2D eigenvalue weighted by molar-refractivity contribution is 7.14. The molecule has 0 aliphatic carbocycles. The van der Waals surface area contributed by atoms with Gasteiger partial charge in [0.15, 0.2) is 5.13 Å². The van der Waals surface area contributed by atoms with Crippen LogP contribution < -0.4 is 9.64 Å². The number of hydrogen-bond donors (Lipinski definition) is 0. The molecule has 5 heteroatoms. The second-order valence-corrected chi connectivity index (χ2v) is 10.1. The molecule has 0 aliphatic rings. The van der Waals surface area contributed by atoms with Crippen LogP contribution in [0.2, 0.25) is 0 Å². The molecule has 0 saturated carbocycles. The highest BCUT2D eigenvalue weighted by Crippen LogP contribution is 2.30. The van der Waals surface area contributed by atoms with Crippen molar-refractivity contribution in [3.05, 3.63) is 101 Å². The third-order valence-corrected chi connectivity index (χ3v) is 6.68. The number of hydrogen-bond acceptors (Lipinski definition) is 4. The van der Waals surface area contributed by atoms with Gasteiger partial charge in [-0.15, -0.1) is 11.3 Å². The summed E-state index contributed by atoms with van der Waals surface area (Å²) in [7, 11) is 1.65. The lowest BCUT2D eigenvalue weighted by atomic mass is 9.86. The van der Waals surface area contributed by atoms with E-state index >= 15 is 0 Å². The Kier molecular flexibility index (Phi) is 7.13. The molecule has 0 spiro atoms. The number of thiazole rings is 1. The molecule has 4 nitrogen and oxygen atoms in total. The van der Waals surface area contributed by atoms with Crippen molar-refractivity contribution in [1.82, 2.24) is 4.98 Å². The van der Waals surface area contributed by atoms with Gasteiger partial charge in [0.25, 0.3) is 5.91 Å². The molecular formula is C29H30N2O2S. The summed E-state index contributed by atoms with van der Waals surface area (Å²) in [4.78, 5) is 20.3. The van der Waals surface area contributed by atoms with E-state index in [4.69, 9.17) is 9.72 Å². The van der Waals surface area contributed by atoms with Gasteiger partial charge in [0.1, 0.15) is 5.75 Å². The molecule has 0 atom stereocenters. The van der Waals surface area contributed by atoms with Crippen LogP contribution in [-0.2, 0) is 11.8 Å². The van der Waals surface area contributed by atoms with Gasteiger partial charge < -0.3 is 4.74 Å². The van der Waals surface area contributed by atoms with Crippen molar-refractivity contribution in [1.29, 1.82) is 0 Å². The smallest absolute Gasteiger partial charge is 0.260 e. The Morgan fingerprint density at radius 1 is 0.941 bits per heavy atom. The van der Waals surface area contributed by atoms with Crippen molar-refractivity contribution >= 4 is 22.4 Å². The molecule has 0 aliphatic heterocycles. The normalized spacial score (nSPS) is 11.3. The SMILES string of the molecule is COc1ccc(-c2csc(N(CCc3ccccc3)C(=O)c3ccc(C(C)(C)C)cc3)n2)cc1. The van der Waals surface area contributed by atoms with Crippen molar-refractivity contribution in [2.45, 2.75) is 32.6 Å². The van der Waals surface area contributed by atoms with Crippen molar-refractivity contribution < 1.29 is 9.53 Å². The van der Waals surface area contributed by atoms with Gasteiger partial charge in [0.2, 0.25) is 0 Å².